The van der Waals surface area contributed by atoms with E-state index in [0.29, 0.717) is 27.5 Å². The van der Waals surface area contributed by atoms with Gasteiger partial charge in [-0.05, 0) is 42.7 Å². The minimum Gasteiger partial charge on any atom is -0.489 e. The van der Waals surface area contributed by atoms with Crippen molar-refractivity contribution in [2.24, 2.45) is 0 Å². The van der Waals surface area contributed by atoms with Gasteiger partial charge in [0.1, 0.15) is 11.9 Å². The summed E-state index contributed by atoms with van der Waals surface area (Å²) in [5.41, 5.74) is 2.04. The molecule has 0 aliphatic carbocycles. The van der Waals surface area contributed by atoms with Crippen LogP contribution in [0.15, 0.2) is 36.4 Å². The lowest BCUT2D eigenvalue weighted by molar-refractivity contribution is 0.234. The molecule has 23 heavy (non-hydrogen) atoms. The first kappa shape index (κ1) is 18.3. The van der Waals surface area contributed by atoms with E-state index in [2.05, 4.69) is 31.3 Å². The number of ether oxygens (including phenoxy) is 1. The Kier molecular flexibility index (Phi) is 6.46. The Bertz CT molecular complexity index is 656. The second-order valence-electron chi connectivity index (χ2n) is 5.78. The Morgan fingerprint density at radius 3 is 2.13 bits per heavy atom. The molecule has 0 fully saturated rings. The predicted molar refractivity (Wildman–Crippen MR) is 101 cm³/mol. The molecule has 1 atom stereocenters. The smallest absolute Gasteiger partial charge is 0.119 e. The summed E-state index contributed by atoms with van der Waals surface area (Å²) in [6, 6.07) is 11.5. The topological polar surface area (TPSA) is 21.3 Å². The Hall–Kier alpha value is -1.09. The molecule has 0 spiro atoms. The largest absolute Gasteiger partial charge is 0.489 e. The lowest BCUT2D eigenvalue weighted by Gasteiger charge is -2.17. The van der Waals surface area contributed by atoms with Gasteiger partial charge in [-0.3, -0.25) is 0 Å². The molecule has 0 heterocycles. The third-order valence-electron chi connectivity index (χ3n) is 3.47. The molecule has 0 aliphatic rings. The van der Waals surface area contributed by atoms with Gasteiger partial charge in [-0.15, -0.1) is 0 Å². The van der Waals surface area contributed by atoms with Gasteiger partial charge >= 0.3 is 0 Å². The highest BCUT2D eigenvalue weighted by Gasteiger charge is 2.09. The molecule has 2 rings (SSSR count). The van der Waals surface area contributed by atoms with E-state index in [-0.39, 0.29) is 6.10 Å². The summed E-state index contributed by atoms with van der Waals surface area (Å²) < 4.78 is 5.90. The maximum absolute atomic E-state index is 6.15. The van der Waals surface area contributed by atoms with Crippen molar-refractivity contribution in [1.29, 1.82) is 0 Å². The van der Waals surface area contributed by atoms with Crippen molar-refractivity contribution in [3.63, 3.8) is 0 Å². The highest BCUT2D eigenvalue weighted by Crippen LogP contribution is 2.32. The number of halogens is 3. The summed E-state index contributed by atoms with van der Waals surface area (Å²) in [6.45, 7) is 6.94. The molecule has 0 bridgehead atoms. The Labute approximate surface area is 152 Å². The highest BCUT2D eigenvalue weighted by atomic mass is 35.5. The van der Waals surface area contributed by atoms with Crippen LogP contribution in [-0.2, 0) is 0 Å². The molecule has 2 aromatic carbocycles. The normalized spacial score (nSPS) is 12.3. The van der Waals surface area contributed by atoms with Gasteiger partial charge in [0.15, 0.2) is 0 Å². The predicted octanol–water partition coefficient (Wildman–Crippen LogP) is 6.65. The standard InChI is InChI=1S/C18H20Cl3NO/c1-11(2)13-4-6-14(7-5-13)23-12(3)10-22-18-9-16(20)15(19)8-17(18)21/h4-9,11-12,22H,10H2,1-3H3. The van der Waals surface area contributed by atoms with Crippen molar-refractivity contribution < 1.29 is 4.74 Å². The minimum atomic E-state index is -0.0228. The zero-order chi connectivity index (χ0) is 17.0. The molecule has 0 radical (unpaired) electrons. The zero-order valence-corrected chi connectivity index (χ0v) is 15.6. The molecule has 2 nitrogen and oxygen atoms in total. The highest BCUT2D eigenvalue weighted by molar-refractivity contribution is 6.44. The van der Waals surface area contributed by atoms with Crippen molar-refractivity contribution >= 4 is 40.5 Å². The van der Waals surface area contributed by atoms with Gasteiger partial charge in [-0.25, -0.2) is 0 Å². The summed E-state index contributed by atoms with van der Waals surface area (Å²) in [5.74, 6) is 1.36. The Morgan fingerprint density at radius 1 is 0.913 bits per heavy atom. The quantitative estimate of drug-likeness (QED) is 0.573. The third kappa shape index (κ3) is 5.20. The van der Waals surface area contributed by atoms with E-state index in [4.69, 9.17) is 39.5 Å². The zero-order valence-electron chi connectivity index (χ0n) is 13.4. The van der Waals surface area contributed by atoms with Gasteiger partial charge in [-0.2, -0.15) is 0 Å². The molecule has 2 aromatic rings. The molecule has 5 heteroatoms. The van der Waals surface area contributed by atoms with Crippen LogP contribution in [0.5, 0.6) is 5.75 Å². The van der Waals surface area contributed by atoms with E-state index < -0.39 is 0 Å². The average molecular weight is 373 g/mol. The van der Waals surface area contributed by atoms with Gasteiger partial charge in [0.25, 0.3) is 0 Å². The number of rotatable bonds is 6. The van der Waals surface area contributed by atoms with Crippen LogP contribution >= 0.6 is 34.8 Å². The average Bonchev–Trinajstić information content (AvgIpc) is 2.50. The van der Waals surface area contributed by atoms with Crippen LogP contribution in [-0.4, -0.2) is 12.6 Å². The Morgan fingerprint density at radius 2 is 1.52 bits per heavy atom. The molecular weight excluding hydrogens is 353 g/mol. The summed E-state index contributed by atoms with van der Waals surface area (Å²) in [6.07, 6.45) is -0.0228. The van der Waals surface area contributed by atoms with E-state index in [1.807, 2.05) is 19.1 Å². The van der Waals surface area contributed by atoms with Crippen LogP contribution in [0, 0.1) is 0 Å². The molecular formula is C18H20Cl3NO. The van der Waals surface area contributed by atoms with Crippen LogP contribution in [0.3, 0.4) is 0 Å². The van der Waals surface area contributed by atoms with Gasteiger partial charge < -0.3 is 10.1 Å². The van der Waals surface area contributed by atoms with E-state index in [9.17, 15) is 0 Å². The number of nitrogens with one attached hydrogen (secondary N) is 1. The maximum atomic E-state index is 6.15. The summed E-state index contributed by atoms with van der Waals surface area (Å²) in [5, 5.41) is 4.68. The van der Waals surface area contributed by atoms with E-state index in [1.165, 1.54) is 5.56 Å². The molecule has 0 aromatic heterocycles. The fraction of sp³-hybridized carbons (Fsp3) is 0.333. The number of benzene rings is 2. The molecule has 0 amide bonds. The fourth-order valence-electron chi connectivity index (χ4n) is 2.12. The second-order valence-corrected chi connectivity index (χ2v) is 7.00. The SMILES string of the molecule is CC(CNc1cc(Cl)c(Cl)cc1Cl)Oc1ccc(C(C)C)cc1. The van der Waals surface area contributed by atoms with Crippen LogP contribution < -0.4 is 10.1 Å². The van der Waals surface area contributed by atoms with Gasteiger partial charge in [-0.1, -0.05) is 60.8 Å². The van der Waals surface area contributed by atoms with Crippen LogP contribution in [0.2, 0.25) is 15.1 Å². The van der Waals surface area contributed by atoms with Crippen molar-refractivity contribution in [3.05, 3.63) is 57.0 Å². The Balaban J connectivity index is 1.92. The van der Waals surface area contributed by atoms with Crippen molar-refractivity contribution in [2.45, 2.75) is 32.8 Å². The molecule has 1 unspecified atom stereocenters. The first-order valence-corrected chi connectivity index (χ1v) is 8.65. The molecule has 0 aliphatic heterocycles. The van der Waals surface area contributed by atoms with E-state index in [0.717, 1.165) is 11.4 Å². The lowest BCUT2D eigenvalue weighted by atomic mass is 10.0. The maximum Gasteiger partial charge on any atom is 0.119 e. The lowest BCUT2D eigenvalue weighted by Crippen LogP contribution is -2.22. The first-order chi connectivity index (χ1) is 10.9. The fourth-order valence-corrected chi connectivity index (χ4v) is 2.73. The molecule has 1 N–H and O–H groups in total. The monoisotopic (exact) mass is 371 g/mol. The van der Waals surface area contributed by atoms with Crippen molar-refractivity contribution in [1.82, 2.24) is 0 Å². The number of hydrogen-bond donors (Lipinski definition) is 1. The van der Waals surface area contributed by atoms with Gasteiger partial charge in [0, 0.05) is 0 Å². The van der Waals surface area contributed by atoms with E-state index in [1.54, 1.807) is 12.1 Å². The summed E-state index contributed by atoms with van der Waals surface area (Å²) in [7, 11) is 0. The molecule has 0 saturated carbocycles. The van der Waals surface area contributed by atoms with E-state index >= 15 is 0 Å². The summed E-state index contributed by atoms with van der Waals surface area (Å²) in [4.78, 5) is 0. The van der Waals surface area contributed by atoms with Crippen LogP contribution in [0.25, 0.3) is 0 Å². The summed E-state index contributed by atoms with van der Waals surface area (Å²) >= 11 is 18.1. The van der Waals surface area contributed by atoms with Crippen LogP contribution in [0.4, 0.5) is 5.69 Å². The molecule has 0 saturated heterocycles. The van der Waals surface area contributed by atoms with Crippen molar-refractivity contribution in [3.8, 4) is 5.75 Å². The van der Waals surface area contributed by atoms with Crippen LogP contribution in [0.1, 0.15) is 32.3 Å². The minimum absolute atomic E-state index is 0.0228. The third-order valence-corrected chi connectivity index (χ3v) is 4.51. The first-order valence-electron chi connectivity index (χ1n) is 7.52. The number of anilines is 1. The van der Waals surface area contributed by atoms with Crippen molar-refractivity contribution in [2.75, 3.05) is 11.9 Å². The number of hydrogen-bond acceptors (Lipinski definition) is 2. The molecule has 124 valence electrons. The van der Waals surface area contributed by atoms with Gasteiger partial charge in [0.2, 0.25) is 0 Å². The second kappa shape index (κ2) is 8.14. The van der Waals surface area contributed by atoms with Gasteiger partial charge in [0.05, 0.1) is 27.3 Å².